The highest BCUT2D eigenvalue weighted by Crippen LogP contribution is 2.32. The molecule has 0 aliphatic carbocycles. The van der Waals surface area contributed by atoms with Crippen LogP contribution in [-0.2, 0) is 14.3 Å². The first-order valence-corrected chi connectivity index (χ1v) is 10.7. The van der Waals surface area contributed by atoms with Crippen molar-refractivity contribution in [2.24, 2.45) is 0 Å². The molecule has 7 nitrogen and oxygen atoms in total. The number of carbonyl (C=O) groups is 3. The van der Waals surface area contributed by atoms with E-state index in [1.54, 1.807) is 39.0 Å². The predicted octanol–water partition coefficient (Wildman–Crippen LogP) is 4.52. The molecule has 0 spiro atoms. The molecule has 0 aromatic heterocycles. The van der Waals surface area contributed by atoms with Gasteiger partial charge in [0.15, 0.2) is 0 Å². The number of rotatable bonds is 9. The molecule has 30 heavy (non-hydrogen) atoms. The molecular formula is C23H33N3O4. The number of ether oxygens (including phenoxy) is 1. The first kappa shape index (κ1) is 23.4. The van der Waals surface area contributed by atoms with E-state index < -0.39 is 12.0 Å². The predicted molar refractivity (Wildman–Crippen MR) is 117 cm³/mol. The van der Waals surface area contributed by atoms with E-state index in [4.69, 9.17) is 4.74 Å². The van der Waals surface area contributed by atoms with Gasteiger partial charge in [-0.05, 0) is 51.8 Å². The van der Waals surface area contributed by atoms with Crippen molar-refractivity contribution in [2.75, 3.05) is 11.9 Å². The fraction of sp³-hybridized carbons (Fsp3) is 0.522. The lowest BCUT2D eigenvalue weighted by Gasteiger charge is -2.35. The van der Waals surface area contributed by atoms with Crippen LogP contribution in [0.1, 0.15) is 71.9 Å². The summed E-state index contributed by atoms with van der Waals surface area (Å²) in [5.41, 5.74) is 2.32. The van der Waals surface area contributed by atoms with Gasteiger partial charge in [0.25, 0.3) is 0 Å². The molecule has 2 N–H and O–H groups in total. The number of allylic oxidation sites excluding steroid dienone is 1. The Labute approximate surface area is 178 Å². The quantitative estimate of drug-likeness (QED) is 0.459. The second-order valence-corrected chi connectivity index (χ2v) is 7.71. The first-order chi connectivity index (χ1) is 14.3. The number of amides is 3. The topological polar surface area (TPSA) is 87.7 Å². The van der Waals surface area contributed by atoms with E-state index in [2.05, 4.69) is 17.6 Å². The summed E-state index contributed by atoms with van der Waals surface area (Å²) in [6.45, 7) is 9.72. The summed E-state index contributed by atoms with van der Waals surface area (Å²) in [6.07, 6.45) is 3.11. The molecule has 0 fully saturated rings. The van der Waals surface area contributed by atoms with Crippen molar-refractivity contribution in [2.45, 2.75) is 72.4 Å². The second-order valence-electron chi connectivity index (χ2n) is 7.71. The van der Waals surface area contributed by atoms with Gasteiger partial charge >= 0.3 is 12.0 Å². The largest absolute Gasteiger partial charge is 0.459 e. The van der Waals surface area contributed by atoms with Crippen LogP contribution >= 0.6 is 0 Å². The molecule has 1 aliphatic heterocycles. The Kier molecular flexibility index (Phi) is 8.45. The number of nitrogens with zero attached hydrogens (tertiary/aromatic N) is 1. The van der Waals surface area contributed by atoms with Gasteiger partial charge in [-0.3, -0.25) is 9.69 Å². The fourth-order valence-corrected chi connectivity index (χ4v) is 3.51. The molecule has 1 atom stereocenters. The van der Waals surface area contributed by atoms with Gasteiger partial charge in [0.1, 0.15) is 0 Å². The molecule has 1 aromatic rings. The van der Waals surface area contributed by atoms with Crippen LogP contribution in [0, 0.1) is 0 Å². The lowest BCUT2D eigenvalue weighted by atomic mass is 9.94. The van der Waals surface area contributed by atoms with E-state index >= 15 is 0 Å². The summed E-state index contributed by atoms with van der Waals surface area (Å²) in [6, 6.07) is 6.30. The average molecular weight is 416 g/mol. The number of nitrogens with one attached hydrogen (secondary N) is 2. The van der Waals surface area contributed by atoms with Gasteiger partial charge in [-0.25, -0.2) is 9.59 Å². The van der Waals surface area contributed by atoms with Crippen LogP contribution in [0.15, 0.2) is 35.5 Å². The standard InChI is InChI=1S/C23H33N3O4/c1-6-8-9-13-19(27)24-18-12-10-11-17(14-18)21-20(22(28)30-15(3)4)16(5)26(7-2)23(29)25-21/h10-12,14-15,21H,6-9,13H2,1-5H3,(H,24,27)(H,25,29). The van der Waals surface area contributed by atoms with Gasteiger partial charge in [0.05, 0.1) is 17.7 Å². The Morgan fingerprint density at radius 3 is 2.60 bits per heavy atom. The number of carbonyl (C=O) groups excluding carboxylic acids is 3. The number of benzene rings is 1. The highest BCUT2D eigenvalue weighted by Gasteiger charge is 2.36. The van der Waals surface area contributed by atoms with Gasteiger partial charge < -0.3 is 15.4 Å². The first-order valence-electron chi connectivity index (χ1n) is 10.7. The van der Waals surface area contributed by atoms with Crippen molar-refractivity contribution in [3.8, 4) is 0 Å². The Balaban J connectivity index is 2.33. The van der Waals surface area contributed by atoms with Gasteiger partial charge in [-0.15, -0.1) is 0 Å². The van der Waals surface area contributed by atoms with E-state index in [1.807, 2.05) is 13.0 Å². The maximum Gasteiger partial charge on any atom is 0.338 e. The van der Waals surface area contributed by atoms with Crippen LogP contribution in [-0.4, -0.2) is 35.5 Å². The molecule has 0 saturated heterocycles. The SMILES string of the molecule is CCCCCC(=O)Nc1cccc(C2NC(=O)N(CC)C(C)=C2C(=O)OC(C)C)c1. The van der Waals surface area contributed by atoms with Crippen molar-refractivity contribution >= 4 is 23.6 Å². The Morgan fingerprint density at radius 2 is 1.97 bits per heavy atom. The van der Waals surface area contributed by atoms with E-state index in [0.29, 0.717) is 35.5 Å². The van der Waals surface area contributed by atoms with E-state index in [9.17, 15) is 14.4 Å². The maximum atomic E-state index is 12.9. The molecule has 0 bridgehead atoms. The van der Waals surface area contributed by atoms with Crippen LogP contribution < -0.4 is 10.6 Å². The van der Waals surface area contributed by atoms with E-state index in [1.165, 1.54) is 4.90 Å². The van der Waals surface area contributed by atoms with Gasteiger partial charge in [0, 0.05) is 24.4 Å². The fourth-order valence-electron chi connectivity index (χ4n) is 3.51. The minimum atomic E-state index is -0.650. The van der Waals surface area contributed by atoms with Crippen LogP contribution in [0.4, 0.5) is 10.5 Å². The molecule has 164 valence electrons. The summed E-state index contributed by atoms with van der Waals surface area (Å²) >= 11 is 0. The summed E-state index contributed by atoms with van der Waals surface area (Å²) in [5, 5.41) is 5.81. The third kappa shape index (κ3) is 5.84. The highest BCUT2D eigenvalue weighted by molar-refractivity contribution is 5.95. The molecule has 2 rings (SSSR count). The molecule has 1 aromatic carbocycles. The lowest BCUT2D eigenvalue weighted by molar-refractivity contribution is -0.143. The lowest BCUT2D eigenvalue weighted by Crippen LogP contribution is -2.48. The number of esters is 1. The monoisotopic (exact) mass is 415 g/mol. The van der Waals surface area contributed by atoms with Gasteiger partial charge in [-0.2, -0.15) is 0 Å². The third-order valence-electron chi connectivity index (χ3n) is 4.99. The molecule has 1 unspecified atom stereocenters. The normalized spacial score (nSPS) is 16.5. The Bertz CT molecular complexity index is 816. The summed E-state index contributed by atoms with van der Waals surface area (Å²) in [7, 11) is 0. The van der Waals surface area contributed by atoms with E-state index in [-0.39, 0.29) is 18.0 Å². The van der Waals surface area contributed by atoms with Crippen molar-refractivity contribution in [1.29, 1.82) is 0 Å². The number of anilines is 1. The van der Waals surface area contributed by atoms with Crippen LogP contribution in [0.2, 0.25) is 0 Å². The van der Waals surface area contributed by atoms with Gasteiger partial charge in [-0.1, -0.05) is 31.9 Å². The van der Waals surface area contributed by atoms with Crippen LogP contribution in [0.3, 0.4) is 0 Å². The second kappa shape index (κ2) is 10.8. The summed E-state index contributed by atoms with van der Waals surface area (Å²) in [5.74, 6) is -0.503. The minimum absolute atomic E-state index is 0.0448. The summed E-state index contributed by atoms with van der Waals surface area (Å²) in [4.78, 5) is 39.1. The van der Waals surface area contributed by atoms with Crippen molar-refractivity contribution in [3.05, 3.63) is 41.1 Å². The maximum absolute atomic E-state index is 12.9. The number of hydrogen-bond donors (Lipinski definition) is 2. The van der Waals surface area contributed by atoms with Crippen molar-refractivity contribution in [1.82, 2.24) is 10.2 Å². The van der Waals surface area contributed by atoms with Crippen LogP contribution in [0.25, 0.3) is 0 Å². The number of unbranched alkanes of at least 4 members (excludes halogenated alkanes) is 2. The minimum Gasteiger partial charge on any atom is -0.459 e. The zero-order chi connectivity index (χ0) is 22.3. The molecule has 0 radical (unpaired) electrons. The van der Waals surface area contributed by atoms with Crippen molar-refractivity contribution in [3.63, 3.8) is 0 Å². The molecule has 7 heteroatoms. The zero-order valence-corrected chi connectivity index (χ0v) is 18.6. The number of hydrogen-bond acceptors (Lipinski definition) is 4. The molecular weight excluding hydrogens is 382 g/mol. The molecule has 0 saturated carbocycles. The molecule has 3 amide bonds. The van der Waals surface area contributed by atoms with Gasteiger partial charge in [0.2, 0.25) is 5.91 Å². The third-order valence-corrected chi connectivity index (χ3v) is 4.99. The Morgan fingerprint density at radius 1 is 1.23 bits per heavy atom. The number of urea groups is 1. The molecule has 1 aliphatic rings. The van der Waals surface area contributed by atoms with Crippen LogP contribution in [0.5, 0.6) is 0 Å². The van der Waals surface area contributed by atoms with Crippen molar-refractivity contribution < 1.29 is 19.1 Å². The molecule has 1 heterocycles. The highest BCUT2D eigenvalue weighted by atomic mass is 16.5. The zero-order valence-electron chi connectivity index (χ0n) is 18.6. The Hall–Kier alpha value is -2.83. The average Bonchev–Trinajstić information content (AvgIpc) is 2.67. The smallest absolute Gasteiger partial charge is 0.338 e. The van der Waals surface area contributed by atoms with E-state index in [0.717, 1.165) is 19.3 Å². The summed E-state index contributed by atoms with van der Waals surface area (Å²) < 4.78 is 5.45.